The maximum Gasteiger partial charge on any atom is 0.261 e. The van der Waals surface area contributed by atoms with Crippen molar-refractivity contribution in [2.75, 3.05) is 17.7 Å². The van der Waals surface area contributed by atoms with Crippen LogP contribution in [0.1, 0.15) is 23.0 Å². The second-order valence-corrected chi connectivity index (χ2v) is 5.02. The molecule has 0 fully saturated rings. The molecule has 106 valence electrons. The number of carbonyl (C=O) groups is 1. The van der Waals surface area contributed by atoms with Crippen LogP contribution in [0.2, 0.25) is 5.02 Å². The highest BCUT2D eigenvalue weighted by atomic mass is 35.5. The van der Waals surface area contributed by atoms with Gasteiger partial charge in [0.05, 0.1) is 22.6 Å². The summed E-state index contributed by atoms with van der Waals surface area (Å²) in [5.74, 6) is -0.149. The van der Waals surface area contributed by atoms with E-state index in [4.69, 9.17) is 17.3 Å². The van der Waals surface area contributed by atoms with Crippen molar-refractivity contribution in [3.63, 3.8) is 0 Å². The molecule has 20 heavy (non-hydrogen) atoms. The van der Waals surface area contributed by atoms with Crippen LogP contribution in [-0.4, -0.2) is 22.7 Å². The summed E-state index contributed by atoms with van der Waals surface area (Å²) in [5, 5.41) is 4.82. The van der Waals surface area contributed by atoms with Crippen LogP contribution in [0.4, 0.5) is 11.4 Å². The zero-order valence-electron chi connectivity index (χ0n) is 11.7. The molecular weight excluding hydrogens is 276 g/mol. The predicted octanol–water partition coefficient (Wildman–Crippen LogP) is 2.49. The van der Waals surface area contributed by atoms with Gasteiger partial charge in [-0.25, -0.2) is 0 Å². The van der Waals surface area contributed by atoms with Gasteiger partial charge in [-0.1, -0.05) is 18.5 Å². The van der Waals surface area contributed by atoms with E-state index in [0.717, 1.165) is 5.69 Å². The molecule has 5 nitrogen and oxygen atoms in total. The van der Waals surface area contributed by atoms with E-state index < -0.39 is 0 Å². The Balaban J connectivity index is 2.39. The Morgan fingerprint density at radius 3 is 2.85 bits per heavy atom. The monoisotopic (exact) mass is 292 g/mol. The molecule has 0 bridgehead atoms. The lowest BCUT2D eigenvalue weighted by molar-refractivity contribution is 0.0992. The molecule has 2 aromatic rings. The van der Waals surface area contributed by atoms with Crippen molar-refractivity contribution >= 4 is 28.9 Å². The Kier molecular flexibility index (Phi) is 3.99. The highest BCUT2D eigenvalue weighted by Crippen LogP contribution is 2.27. The molecule has 0 radical (unpaired) electrons. The molecule has 1 heterocycles. The zero-order chi connectivity index (χ0) is 14.9. The number of nitrogens with two attached hydrogens (primary N) is 1. The van der Waals surface area contributed by atoms with E-state index in [1.54, 1.807) is 43.2 Å². The van der Waals surface area contributed by atoms with Gasteiger partial charge in [-0.2, -0.15) is 5.10 Å². The summed E-state index contributed by atoms with van der Waals surface area (Å²) in [6.45, 7) is 1.97. The number of hydrogen-bond donors (Lipinski definition) is 1. The van der Waals surface area contributed by atoms with E-state index in [0.29, 0.717) is 28.4 Å². The first-order chi connectivity index (χ1) is 9.43. The van der Waals surface area contributed by atoms with Crippen LogP contribution in [0.3, 0.4) is 0 Å². The number of rotatable bonds is 3. The number of hydrogen-bond acceptors (Lipinski definition) is 3. The SMILES string of the molecule is CCc1nn(C)cc1C(=O)N(C)c1cc(Cl)ccc1N. The van der Waals surface area contributed by atoms with Gasteiger partial charge >= 0.3 is 0 Å². The van der Waals surface area contributed by atoms with E-state index in [9.17, 15) is 4.79 Å². The van der Waals surface area contributed by atoms with E-state index in [1.807, 2.05) is 6.92 Å². The van der Waals surface area contributed by atoms with Crippen molar-refractivity contribution in [1.82, 2.24) is 9.78 Å². The molecule has 0 aliphatic heterocycles. The topological polar surface area (TPSA) is 64.2 Å². The summed E-state index contributed by atoms with van der Waals surface area (Å²) in [7, 11) is 3.47. The van der Waals surface area contributed by atoms with Gasteiger partial charge in [-0.15, -0.1) is 0 Å². The smallest absolute Gasteiger partial charge is 0.261 e. The van der Waals surface area contributed by atoms with Crippen LogP contribution in [0.25, 0.3) is 0 Å². The van der Waals surface area contributed by atoms with E-state index in [-0.39, 0.29) is 5.91 Å². The zero-order valence-corrected chi connectivity index (χ0v) is 12.5. The Hall–Kier alpha value is -2.01. The molecule has 0 saturated heterocycles. The van der Waals surface area contributed by atoms with E-state index in [2.05, 4.69) is 5.10 Å². The fourth-order valence-corrected chi connectivity index (χ4v) is 2.24. The summed E-state index contributed by atoms with van der Waals surface area (Å²) < 4.78 is 1.64. The largest absolute Gasteiger partial charge is 0.397 e. The lowest BCUT2D eigenvalue weighted by Crippen LogP contribution is -2.27. The van der Waals surface area contributed by atoms with Crippen LogP contribution < -0.4 is 10.6 Å². The molecule has 0 aliphatic carbocycles. The van der Waals surface area contributed by atoms with Crippen LogP contribution in [0.15, 0.2) is 24.4 Å². The Morgan fingerprint density at radius 2 is 2.20 bits per heavy atom. The average Bonchev–Trinajstić information content (AvgIpc) is 2.81. The van der Waals surface area contributed by atoms with Crippen LogP contribution >= 0.6 is 11.6 Å². The molecule has 0 atom stereocenters. The highest BCUT2D eigenvalue weighted by Gasteiger charge is 2.20. The summed E-state index contributed by atoms with van der Waals surface area (Å²) in [4.78, 5) is 14.1. The average molecular weight is 293 g/mol. The normalized spacial score (nSPS) is 10.6. The van der Waals surface area contributed by atoms with E-state index in [1.165, 1.54) is 4.90 Å². The van der Waals surface area contributed by atoms with Gasteiger partial charge in [0.15, 0.2) is 0 Å². The van der Waals surface area contributed by atoms with Gasteiger partial charge in [0.2, 0.25) is 0 Å². The molecule has 1 amide bonds. The lowest BCUT2D eigenvalue weighted by Gasteiger charge is -2.19. The Morgan fingerprint density at radius 1 is 1.50 bits per heavy atom. The summed E-state index contributed by atoms with van der Waals surface area (Å²) in [6, 6.07) is 5.06. The molecule has 1 aromatic carbocycles. The van der Waals surface area contributed by atoms with Crippen molar-refractivity contribution in [3.05, 3.63) is 40.7 Å². The molecule has 0 spiro atoms. The van der Waals surface area contributed by atoms with Crippen molar-refractivity contribution in [2.24, 2.45) is 7.05 Å². The third-order valence-electron chi connectivity index (χ3n) is 3.13. The quantitative estimate of drug-likeness (QED) is 0.884. The number of benzene rings is 1. The number of aryl methyl sites for hydroxylation is 2. The molecular formula is C14H17ClN4O. The second kappa shape index (κ2) is 5.54. The minimum absolute atomic E-state index is 0.149. The second-order valence-electron chi connectivity index (χ2n) is 4.58. The summed E-state index contributed by atoms with van der Waals surface area (Å²) >= 11 is 5.96. The third kappa shape index (κ3) is 2.63. The van der Waals surface area contributed by atoms with Gasteiger partial charge < -0.3 is 10.6 Å². The number of nitrogens with zero attached hydrogens (tertiary/aromatic N) is 3. The summed E-state index contributed by atoms with van der Waals surface area (Å²) in [6.07, 6.45) is 2.42. The van der Waals surface area contributed by atoms with Gasteiger partial charge in [0, 0.05) is 25.3 Å². The number of anilines is 2. The Bertz CT molecular complexity index is 651. The molecule has 6 heteroatoms. The van der Waals surface area contributed by atoms with Crippen LogP contribution in [-0.2, 0) is 13.5 Å². The van der Waals surface area contributed by atoms with Crippen molar-refractivity contribution < 1.29 is 4.79 Å². The fraction of sp³-hybridized carbons (Fsp3) is 0.286. The van der Waals surface area contributed by atoms with Gasteiger partial charge in [0.25, 0.3) is 5.91 Å². The minimum atomic E-state index is -0.149. The van der Waals surface area contributed by atoms with Crippen LogP contribution in [0.5, 0.6) is 0 Å². The highest BCUT2D eigenvalue weighted by molar-refractivity contribution is 6.31. The lowest BCUT2D eigenvalue weighted by atomic mass is 10.1. The minimum Gasteiger partial charge on any atom is -0.397 e. The van der Waals surface area contributed by atoms with Crippen molar-refractivity contribution in [2.45, 2.75) is 13.3 Å². The molecule has 2 rings (SSSR count). The molecule has 0 saturated carbocycles. The number of nitrogen functional groups attached to an aromatic ring is 1. The maximum atomic E-state index is 12.6. The van der Waals surface area contributed by atoms with Crippen LogP contribution in [0, 0.1) is 0 Å². The number of halogens is 1. The number of aromatic nitrogens is 2. The first-order valence-corrected chi connectivity index (χ1v) is 6.67. The number of carbonyl (C=O) groups excluding carboxylic acids is 1. The van der Waals surface area contributed by atoms with Crippen molar-refractivity contribution in [3.8, 4) is 0 Å². The van der Waals surface area contributed by atoms with Crippen molar-refractivity contribution in [1.29, 1.82) is 0 Å². The predicted molar refractivity (Wildman–Crippen MR) is 81.2 cm³/mol. The van der Waals surface area contributed by atoms with Gasteiger partial charge in [-0.3, -0.25) is 9.48 Å². The van der Waals surface area contributed by atoms with Gasteiger partial charge in [0.1, 0.15) is 0 Å². The first kappa shape index (κ1) is 14.4. The number of amides is 1. The summed E-state index contributed by atoms with van der Waals surface area (Å²) in [5.41, 5.74) is 8.36. The molecule has 2 N–H and O–H groups in total. The first-order valence-electron chi connectivity index (χ1n) is 6.29. The maximum absolute atomic E-state index is 12.6. The molecule has 1 aromatic heterocycles. The van der Waals surface area contributed by atoms with E-state index >= 15 is 0 Å². The standard InChI is InChI=1S/C14H17ClN4O/c1-4-12-10(8-18(2)17-12)14(20)19(3)13-7-9(15)5-6-11(13)16/h5-8H,4,16H2,1-3H3. The Labute approximate surface area is 122 Å². The third-order valence-corrected chi connectivity index (χ3v) is 3.36. The molecule has 0 aliphatic rings. The molecule has 0 unspecified atom stereocenters. The van der Waals surface area contributed by atoms with Gasteiger partial charge in [-0.05, 0) is 24.6 Å². The fourth-order valence-electron chi connectivity index (χ4n) is 2.07.